The zero-order chi connectivity index (χ0) is 31.1. The highest BCUT2D eigenvalue weighted by Gasteiger charge is 2.44. The molecule has 6 rings (SSSR count). The second-order valence-electron chi connectivity index (χ2n) is 12.8. The summed E-state index contributed by atoms with van der Waals surface area (Å²) in [5.74, 6) is 0.946. The van der Waals surface area contributed by atoms with Gasteiger partial charge in [-0.15, -0.1) is 0 Å². The second-order valence-corrected chi connectivity index (χ2v) is 12.8. The van der Waals surface area contributed by atoms with Crippen LogP contribution in [0.4, 0.5) is 0 Å². The molecule has 7 heteroatoms. The Labute approximate surface area is 267 Å². The third-order valence-electron chi connectivity index (χ3n) is 9.83. The maximum absolute atomic E-state index is 14.3. The topological polar surface area (TPSA) is 67.7 Å². The van der Waals surface area contributed by atoms with E-state index in [0.717, 1.165) is 75.7 Å². The molecule has 45 heavy (non-hydrogen) atoms. The van der Waals surface area contributed by atoms with Gasteiger partial charge in [0.25, 0.3) is 0 Å². The number of likely N-dealkylation sites (tertiary alicyclic amines) is 2. The lowest BCUT2D eigenvalue weighted by atomic mass is 9.71. The molecule has 1 atom stereocenters. The van der Waals surface area contributed by atoms with Crippen LogP contribution in [-0.4, -0.2) is 70.4 Å². The van der Waals surface area contributed by atoms with E-state index in [0.29, 0.717) is 32.1 Å². The number of rotatable bonds is 13. The lowest BCUT2D eigenvalue weighted by Crippen LogP contribution is -2.51. The van der Waals surface area contributed by atoms with Gasteiger partial charge in [0.2, 0.25) is 11.7 Å². The summed E-state index contributed by atoms with van der Waals surface area (Å²) in [6, 6.07) is 28.8. The molecule has 0 bridgehead atoms. The molecule has 2 aliphatic rings. The molecule has 7 nitrogen and oxygen atoms in total. The van der Waals surface area contributed by atoms with E-state index < -0.39 is 5.41 Å². The summed E-state index contributed by atoms with van der Waals surface area (Å²) in [4.78, 5) is 37.4. The van der Waals surface area contributed by atoms with Crippen molar-refractivity contribution in [3.05, 3.63) is 102 Å². The first-order valence-corrected chi connectivity index (χ1v) is 16.7. The number of benzene rings is 3. The van der Waals surface area contributed by atoms with E-state index in [9.17, 15) is 9.59 Å². The smallest absolute Gasteiger partial charge is 0.229 e. The van der Waals surface area contributed by atoms with Gasteiger partial charge >= 0.3 is 0 Å². The fraction of sp³-hybridized carbons (Fsp3) is 0.447. The Hall–Kier alpha value is -3.81. The predicted molar refractivity (Wildman–Crippen MR) is 178 cm³/mol. The van der Waals surface area contributed by atoms with Crippen molar-refractivity contribution < 1.29 is 14.3 Å². The van der Waals surface area contributed by atoms with Gasteiger partial charge in [-0.1, -0.05) is 72.8 Å². The number of imidazole rings is 1. The third-order valence-corrected chi connectivity index (χ3v) is 9.83. The van der Waals surface area contributed by atoms with Crippen LogP contribution in [-0.2, 0) is 29.0 Å². The summed E-state index contributed by atoms with van der Waals surface area (Å²) in [7, 11) is 0. The van der Waals surface area contributed by atoms with Crippen molar-refractivity contribution in [2.45, 2.75) is 58.5 Å². The SMILES string of the molecule is CCOCCn1c(C(=O)C2CCN(CCC3(Cc4ccccc4)CCCN(Cc4ccccc4)C3=O)CC2)nc2ccccc21. The van der Waals surface area contributed by atoms with E-state index in [-0.39, 0.29) is 17.6 Å². The third kappa shape index (κ3) is 7.21. The van der Waals surface area contributed by atoms with Crippen molar-refractivity contribution in [1.82, 2.24) is 19.4 Å². The number of amides is 1. The number of para-hydroxylation sites is 2. The molecule has 0 N–H and O–H groups in total. The van der Waals surface area contributed by atoms with Crippen LogP contribution >= 0.6 is 0 Å². The number of carbonyl (C=O) groups excluding carboxylic acids is 2. The first-order valence-electron chi connectivity index (χ1n) is 16.7. The molecule has 2 aliphatic heterocycles. The van der Waals surface area contributed by atoms with Crippen LogP contribution in [0.15, 0.2) is 84.9 Å². The average Bonchev–Trinajstić information content (AvgIpc) is 3.45. The summed E-state index contributed by atoms with van der Waals surface area (Å²) in [5, 5.41) is 0. The van der Waals surface area contributed by atoms with E-state index >= 15 is 0 Å². The molecule has 0 aliphatic carbocycles. The number of ether oxygens (including phenoxy) is 1. The lowest BCUT2D eigenvalue weighted by molar-refractivity contribution is -0.148. The van der Waals surface area contributed by atoms with Crippen LogP contribution in [0, 0.1) is 11.3 Å². The van der Waals surface area contributed by atoms with Crippen LogP contribution < -0.4 is 0 Å². The number of carbonyl (C=O) groups is 2. The highest BCUT2D eigenvalue weighted by Crippen LogP contribution is 2.39. The summed E-state index contributed by atoms with van der Waals surface area (Å²) in [6.07, 6.45) is 5.16. The number of hydrogen-bond donors (Lipinski definition) is 0. The maximum Gasteiger partial charge on any atom is 0.229 e. The minimum absolute atomic E-state index is 0.0418. The van der Waals surface area contributed by atoms with E-state index in [1.54, 1.807) is 0 Å². The van der Waals surface area contributed by atoms with Gasteiger partial charge in [-0.2, -0.15) is 0 Å². The van der Waals surface area contributed by atoms with Gasteiger partial charge < -0.3 is 19.1 Å². The van der Waals surface area contributed by atoms with Crippen LogP contribution in [0.5, 0.6) is 0 Å². The Morgan fingerprint density at radius 3 is 2.31 bits per heavy atom. The summed E-state index contributed by atoms with van der Waals surface area (Å²) < 4.78 is 7.67. The minimum Gasteiger partial charge on any atom is -0.380 e. The van der Waals surface area contributed by atoms with Gasteiger partial charge in [-0.25, -0.2) is 4.98 Å². The number of aromatic nitrogens is 2. The van der Waals surface area contributed by atoms with Crippen molar-refractivity contribution in [1.29, 1.82) is 0 Å². The maximum atomic E-state index is 14.3. The standard InChI is InChI=1S/C38H46N4O3/c1-2-45-27-26-42-34-17-10-9-16-33(34)39-36(42)35(43)32-18-23-40(24-19-32)25-21-38(28-30-12-5-3-6-13-30)20-11-22-41(37(38)44)29-31-14-7-4-8-15-31/h3-10,12-17,32H,2,11,18-29H2,1H3. The van der Waals surface area contributed by atoms with Gasteiger partial charge in [0.1, 0.15) is 0 Å². The van der Waals surface area contributed by atoms with Crippen LogP contribution in [0.3, 0.4) is 0 Å². The molecule has 3 aromatic carbocycles. The van der Waals surface area contributed by atoms with E-state index in [1.165, 1.54) is 11.1 Å². The Balaban J connectivity index is 1.12. The molecule has 236 valence electrons. The molecule has 2 fully saturated rings. The molecule has 1 amide bonds. The molecular formula is C38H46N4O3. The Morgan fingerprint density at radius 2 is 1.58 bits per heavy atom. The molecule has 4 aromatic rings. The zero-order valence-corrected chi connectivity index (χ0v) is 26.6. The summed E-state index contributed by atoms with van der Waals surface area (Å²) >= 11 is 0. The second kappa shape index (κ2) is 14.5. The first kappa shape index (κ1) is 31.2. The van der Waals surface area contributed by atoms with Gasteiger partial charge in [0.15, 0.2) is 5.82 Å². The Bertz CT molecular complexity index is 1560. The minimum atomic E-state index is -0.410. The molecule has 0 spiro atoms. The number of nitrogens with zero attached hydrogens (tertiary/aromatic N) is 4. The first-order chi connectivity index (χ1) is 22.1. The van der Waals surface area contributed by atoms with Crippen molar-refractivity contribution >= 4 is 22.7 Å². The van der Waals surface area contributed by atoms with E-state index in [1.807, 2.05) is 60.0 Å². The summed E-state index contributed by atoms with van der Waals surface area (Å²) in [5.41, 5.74) is 3.84. The van der Waals surface area contributed by atoms with Crippen LogP contribution in [0.2, 0.25) is 0 Å². The predicted octanol–water partition coefficient (Wildman–Crippen LogP) is 6.41. The quantitative estimate of drug-likeness (QED) is 0.130. The fourth-order valence-electron chi connectivity index (χ4n) is 7.34. The molecule has 0 saturated carbocycles. The largest absolute Gasteiger partial charge is 0.380 e. The number of fused-ring (bicyclic) bond motifs is 1. The molecule has 1 aromatic heterocycles. The zero-order valence-electron chi connectivity index (χ0n) is 26.6. The van der Waals surface area contributed by atoms with Crippen LogP contribution in [0.25, 0.3) is 11.0 Å². The lowest BCUT2D eigenvalue weighted by Gasteiger charge is -2.43. The normalized spacial score (nSPS) is 19.8. The molecule has 3 heterocycles. The van der Waals surface area contributed by atoms with E-state index in [4.69, 9.17) is 9.72 Å². The van der Waals surface area contributed by atoms with Crippen LogP contribution in [0.1, 0.15) is 60.8 Å². The van der Waals surface area contributed by atoms with E-state index in [2.05, 4.69) is 46.2 Å². The van der Waals surface area contributed by atoms with Gasteiger partial charge in [-0.3, -0.25) is 9.59 Å². The molecule has 0 radical (unpaired) electrons. The van der Waals surface area contributed by atoms with Crippen molar-refractivity contribution in [2.24, 2.45) is 11.3 Å². The number of piperidine rings is 2. The highest BCUT2D eigenvalue weighted by molar-refractivity contribution is 5.98. The van der Waals surface area contributed by atoms with Crippen molar-refractivity contribution in [3.63, 3.8) is 0 Å². The monoisotopic (exact) mass is 606 g/mol. The Morgan fingerprint density at radius 1 is 0.889 bits per heavy atom. The van der Waals surface area contributed by atoms with Crippen molar-refractivity contribution in [3.8, 4) is 0 Å². The number of Topliss-reactive ketones (excluding diaryl/α,β-unsaturated/α-hetero) is 1. The number of hydrogen-bond acceptors (Lipinski definition) is 5. The van der Waals surface area contributed by atoms with Gasteiger partial charge in [-0.05, 0) is 88.3 Å². The van der Waals surface area contributed by atoms with Crippen molar-refractivity contribution in [2.75, 3.05) is 39.4 Å². The number of ketones is 1. The summed E-state index contributed by atoms with van der Waals surface area (Å²) in [6.45, 7) is 7.88. The fourth-order valence-corrected chi connectivity index (χ4v) is 7.34. The average molecular weight is 607 g/mol. The molecule has 1 unspecified atom stereocenters. The Kier molecular flexibility index (Phi) is 10.1. The molecule has 2 saturated heterocycles. The highest BCUT2D eigenvalue weighted by atomic mass is 16.5. The van der Waals surface area contributed by atoms with Gasteiger partial charge in [0, 0.05) is 32.2 Å². The van der Waals surface area contributed by atoms with Gasteiger partial charge in [0.05, 0.1) is 23.1 Å². The molecular weight excluding hydrogens is 560 g/mol.